The average Bonchev–Trinajstić information content (AvgIpc) is 3.75. The molecule has 0 bridgehead atoms. The first-order valence-corrected chi connectivity index (χ1v) is 27.3. The molecular formula is C53H90O22. The van der Waals surface area contributed by atoms with E-state index in [2.05, 4.69) is 40.7 Å². The van der Waals surface area contributed by atoms with Gasteiger partial charge in [-0.2, -0.15) is 0 Å². The lowest BCUT2D eigenvalue weighted by Gasteiger charge is -2.71. The van der Waals surface area contributed by atoms with Crippen LogP contribution in [0, 0.1) is 45.3 Å². The molecule has 434 valence electrons. The summed E-state index contributed by atoms with van der Waals surface area (Å²) in [5.74, 6) is -0.395. The van der Waals surface area contributed by atoms with Crippen molar-refractivity contribution in [2.75, 3.05) is 26.4 Å². The SMILES string of the molecule is CC(C)=CCC[C@@](C)(O[C@@H]1OC(CO[C@@H]2OC[C@@H](O)[C@H](O)C2O)[C@@H](O)[C@H](O)C1O)[C@H]1CC[C@]2(C)[C@@H]1[C@H](O)C[C@@H]1[C@@]3(C)CC[C@H](O[C@@H]4OC(CO)[C@@H](O)[C@H](O)C4O[C@@H]4OC(CO)[C@@H](O)[C@H](O)C4O)C(C)(C)[C@@H]3CC[C@]12C. The van der Waals surface area contributed by atoms with Gasteiger partial charge in [-0.1, -0.05) is 46.3 Å². The smallest absolute Gasteiger partial charge is 0.187 e. The molecule has 8 fully saturated rings. The summed E-state index contributed by atoms with van der Waals surface area (Å²) in [4.78, 5) is 0. The summed E-state index contributed by atoms with van der Waals surface area (Å²) in [5, 5.41) is 151. The second kappa shape index (κ2) is 22.7. The van der Waals surface area contributed by atoms with Crippen molar-refractivity contribution in [1.29, 1.82) is 0 Å². The number of aliphatic hydroxyl groups is 14. The molecule has 75 heavy (non-hydrogen) atoms. The number of rotatable bonds is 15. The van der Waals surface area contributed by atoms with Crippen molar-refractivity contribution in [3.8, 4) is 0 Å². The summed E-state index contributed by atoms with van der Waals surface area (Å²) in [6.07, 6.45) is -22.6. The van der Waals surface area contributed by atoms with Gasteiger partial charge in [-0.15, -0.1) is 0 Å². The van der Waals surface area contributed by atoms with Crippen molar-refractivity contribution in [2.45, 2.75) is 248 Å². The van der Waals surface area contributed by atoms with Gasteiger partial charge >= 0.3 is 0 Å². The van der Waals surface area contributed by atoms with E-state index in [0.29, 0.717) is 38.5 Å². The van der Waals surface area contributed by atoms with Crippen LogP contribution in [0.3, 0.4) is 0 Å². The molecule has 0 aromatic heterocycles. The Morgan fingerprint density at radius 3 is 1.80 bits per heavy atom. The molecular weight excluding hydrogens is 989 g/mol. The van der Waals surface area contributed by atoms with Crippen LogP contribution in [0.25, 0.3) is 0 Å². The Morgan fingerprint density at radius 2 is 1.16 bits per heavy atom. The van der Waals surface area contributed by atoms with Crippen LogP contribution in [-0.2, 0) is 37.9 Å². The van der Waals surface area contributed by atoms with Gasteiger partial charge in [0.2, 0.25) is 0 Å². The van der Waals surface area contributed by atoms with Gasteiger partial charge in [-0.05, 0) is 124 Å². The first-order chi connectivity index (χ1) is 35.1. The average molecular weight is 1080 g/mol. The number of hydrogen-bond acceptors (Lipinski definition) is 22. The minimum atomic E-state index is -1.81. The summed E-state index contributed by atoms with van der Waals surface area (Å²) >= 11 is 0. The van der Waals surface area contributed by atoms with Crippen LogP contribution in [0.15, 0.2) is 11.6 Å². The van der Waals surface area contributed by atoms with E-state index in [1.54, 1.807) is 0 Å². The number of ether oxygens (including phenoxy) is 8. The molecule has 14 N–H and O–H groups in total. The normalized spacial score (nSPS) is 52.7. The van der Waals surface area contributed by atoms with Crippen LogP contribution >= 0.6 is 0 Å². The molecule has 4 heterocycles. The summed E-state index contributed by atoms with van der Waals surface area (Å²) in [6, 6.07) is 0. The molecule has 0 aromatic carbocycles. The van der Waals surface area contributed by atoms with Crippen molar-refractivity contribution in [1.82, 2.24) is 0 Å². The van der Waals surface area contributed by atoms with E-state index in [0.717, 1.165) is 24.8 Å². The Morgan fingerprint density at radius 1 is 0.587 bits per heavy atom. The van der Waals surface area contributed by atoms with Crippen LogP contribution in [0.4, 0.5) is 0 Å². The van der Waals surface area contributed by atoms with E-state index in [9.17, 15) is 71.5 Å². The highest BCUT2D eigenvalue weighted by Crippen LogP contribution is 2.76. The minimum absolute atomic E-state index is 0.0508. The molecule has 4 aliphatic heterocycles. The van der Waals surface area contributed by atoms with Crippen molar-refractivity contribution in [3.05, 3.63) is 11.6 Å². The van der Waals surface area contributed by atoms with Crippen molar-refractivity contribution in [2.24, 2.45) is 45.3 Å². The van der Waals surface area contributed by atoms with Gasteiger partial charge in [0.25, 0.3) is 0 Å². The van der Waals surface area contributed by atoms with Gasteiger partial charge in [0.05, 0.1) is 44.2 Å². The Bertz CT molecular complexity index is 1940. The highest BCUT2D eigenvalue weighted by atomic mass is 16.8. The van der Waals surface area contributed by atoms with E-state index in [-0.39, 0.29) is 41.1 Å². The maximum atomic E-state index is 12.8. The molecule has 7 unspecified atom stereocenters. The first-order valence-electron chi connectivity index (χ1n) is 27.3. The highest BCUT2D eigenvalue weighted by Gasteiger charge is 2.72. The lowest BCUT2D eigenvalue weighted by Crippen LogP contribution is -2.68. The summed E-state index contributed by atoms with van der Waals surface area (Å²) in [7, 11) is 0. The van der Waals surface area contributed by atoms with Gasteiger partial charge in [0.1, 0.15) is 91.6 Å². The van der Waals surface area contributed by atoms with E-state index in [1.165, 1.54) is 0 Å². The molecule has 0 amide bonds. The van der Waals surface area contributed by atoms with Crippen LogP contribution < -0.4 is 0 Å². The number of fused-ring (bicyclic) bond motifs is 5. The van der Waals surface area contributed by atoms with Gasteiger partial charge < -0.3 is 109 Å². The third-order valence-electron chi connectivity index (χ3n) is 20.5. The van der Waals surface area contributed by atoms with E-state index >= 15 is 0 Å². The predicted molar refractivity (Wildman–Crippen MR) is 260 cm³/mol. The molecule has 0 aromatic rings. The number of aliphatic hydroxyl groups excluding tert-OH is 14. The molecule has 29 atom stereocenters. The predicted octanol–water partition coefficient (Wildman–Crippen LogP) is -1.56. The van der Waals surface area contributed by atoms with E-state index < -0.39 is 165 Å². The molecule has 4 saturated carbocycles. The molecule has 0 radical (unpaired) electrons. The van der Waals surface area contributed by atoms with Crippen LogP contribution in [0.1, 0.15) is 113 Å². The molecule has 8 aliphatic rings. The molecule has 0 spiro atoms. The lowest BCUT2D eigenvalue weighted by atomic mass is 9.35. The third-order valence-corrected chi connectivity index (χ3v) is 20.5. The Labute approximate surface area is 439 Å². The maximum Gasteiger partial charge on any atom is 0.187 e. The van der Waals surface area contributed by atoms with E-state index in [4.69, 9.17) is 37.9 Å². The zero-order valence-corrected chi connectivity index (χ0v) is 44.7. The zero-order valence-electron chi connectivity index (χ0n) is 44.7. The lowest BCUT2D eigenvalue weighted by molar-refractivity contribution is -0.378. The fourth-order valence-corrected chi connectivity index (χ4v) is 16.0. The summed E-state index contributed by atoms with van der Waals surface area (Å²) in [5.41, 5.74) is -1.48. The number of allylic oxidation sites excluding steroid dienone is 2. The second-order valence-electron chi connectivity index (χ2n) is 25.3. The maximum absolute atomic E-state index is 12.8. The molecule has 22 nitrogen and oxygen atoms in total. The fourth-order valence-electron chi connectivity index (χ4n) is 16.0. The minimum Gasteiger partial charge on any atom is -0.394 e. The van der Waals surface area contributed by atoms with Gasteiger partial charge in [0.15, 0.2) is 25.2 Å². The van der Waals surface area contributed by atoms with Gasteiger partial charge in [0, 0.05) is 0 Å². The number of hydrogen-bond donors (Lipinski definition) is 14. The summed E-state index contributed by atoms with van der Waals surface area (Å²) in [6.45, 7) is 15.1. The van der Waals surface area contributed by atoms with Gasteiger partial charge in [-0.25, -0.2) is 0 Å². The van der Waals surface area contributed by atoms with E-state index in [1.807, 2.05) is 20.8 Å². The quantitative estimate of drug-likeness (QED) is 0.0651. The highest BCUT2D eigenvalue weighted by molar-refractivity contribution is 5.20. The molecule has 4 aliphatic carbocycles. The molecule has 4 saturated heterocycles. The van der Waals surface area contributed by atoms with Crippen molar-refractivity contribution >= 4 is 0 Å². The van der Waals surface area contributed by atoms with Crippen LogP contribution in [-0.4, -0.2) is 232 Å². The van der Waals surface area contributed by atoms with Crippen LogP contribution in [0.5, 0.6) is 0 Å². The van der Waals surface area contributed by atoms with Crippen molar-refractivity contribution < 1.29 is 109 Å². The molecule has 22 heteroatoms. The third kappa shape index (κ3) is 10.6. The topological polar surface area (TPSA) is 357 Å². The van der Waals surface area contributed by atoms with Gasteiger partial charge in [-0.3, -0.25) is 0 Å². The Kier molecular flexibility index (Phi) is 18.1. The first kappa shape index (κ1) is 60.0. The zero-order chi connectivity index (χ0) is 55.1. The largest absolute Gasteiger partial charge is 0.394 e. The van der Waals surface area contributed by atoms with Crippen molar-refractivity contribution in [3.63, 3.8) is 0 Å². The second-order valence-corrected chi connectivity index (χ2v) is 25.3. The molecule has 8 rings (SSSR count). The summed E-state index contributed by atoms with van der Waals surface area (Å²) < 4.78 is 48.8. The fraction of sp³-hybridized carbons (Fsp3) is 0.962. The Hall–Kier alpha value is -1.14. The standard InChI is InChI=1S/C53H90O22/c1-23(2)10-9-14-53(8,75-47-43(67)39(63)37(61)29(72-47)22-69-45-41(65)34(58)26(57)21-68-45)24-11-16-52(7)33(24)25(56)18-31-50(5)15-13-32(49(3,4)30(50)12-17-51(31,52)6)73-48-44(40(64)36(60)28(20-55)71-48)74-46-42(66)38(62)35(59)27(19-54)70-46/h10,24-48,54-67H,9,11-22H2,1-8H3/t24-,25+,26+,27?,28?,29?,30-,31+,32-,33-,34-,35+,36+,37+,38-,39-,40-,41?,42?,43?,44?,45-,46-,47-,48-,50-,51+,52+,53+/m0/s1. The monoisotopic (exact) mass is 1080 g/mol. The van der Waals surface area contributed by atoms with Crippen LogP contribution in [0.2, 0.25) is 0 Å². The Balaban J connectivity index is 1.01.